The van der Waals surface area contributed by atoms with Crippen molar-refractivity contribution in [1.82, 2.24) is 4.98 Å². The molecule has 4 nitrogen and oxygen atoms in total. The molecule has 0 aliphatic rings. The van der Waals surface area contributed by atoms with Gasteiger partial charge < -0.3 is 0 Å². The van der Waals surface area contributed by atoms with E-state index in [0.717, 1.165) is 6.20 Å². The van der Waals surface area contributed by atoms with Crippen molar-refractivity contribution >= 4 is 27.4 Å². The van der Waals surface area contributed by atoms with Crippen LogP contribution in [-0.4, -0.2) is 18.9 Å². The molecule has 1 aromatic rings. The van der Waals surface area contributed by atoms with E-state index in [1.54, 1.807) is 0 Å². The predicted octanol–water partition coefficient (Wildman–Crippen LogP) is 2.08. The lowest BCUT2D eigenvalue weighted by atomic mass is 10.3. The Hall–Kier alpha value is -1.02. The van der Waals surface area contributed by atoms with E-state index in [1.807, 2.05) is 0 Å². The van der Waals surface area contributed by atoms with Crippen LogP contribution >= 0.6 is 11.6 Å². The molecule has 0 saturated carbocycles. The van der Waals surface area contributed by atoms with E-state index in [-0.39, 0.29) is 11.4 Å². The zero-order valence-corrected chi connectivity index (χ0v) is 9.20. The van der Waals surface area contributed by atoms with Crippen molar-refractivity contribution in [3.63, 3.8) is 0 Å². The van der Waals surface area contributed by atoms with Gasteiger partial charge in [-0.25, -0.2) is 4.98 Å². The van der Waals surface area contributed by atoms with Gasteiger partial charge in [0.1, 0.15) is 5.82 Å². The first-order valence-corrected chi connectivity index (χ1v) is 5.88. The average Bonchev–Trinajstić information content (AvgIpc) is 2.16. The molecular weight excluding hydrogens is 269 g/mol. The Labute approximate surface area is 94.5 Å². The number of hydrogen-bond acceptors (Lipinski definition) is 3. The summed E-state index contributed by atoms with van der Waals surface area (Å²) in [6, 6.07) is 2.80. The third kappa shape index (κ3) is 2.76. The highest BCUT2D eigenvalue weighted by Gasteiger charge is 2.46. The maximum Gasteiger partial charge on any atom is 0.516 e. The quantitative estimate of drug-likeness (QED) is 0.859. The van der Waals surface area contributed by atoms with E-state index in [4.69, 9.17) is 11.6 Å². The van der Waals surface area contributed by atoms with Gasteiger partial charge in [0.2, 0.25) is 0 Å². The summed E-state index contributed by atoms with van der Waals surface area (Å²) < 4.78 is 59.0. The van der Waals surface area contributed by atoms with Crippen molar-refractivity contribution in [2.75, 3.05) is 4.72 Å². The highest BCUT2D eigenvalue weighted by molar-refractivity contribution is 7.93. The van der Waals surface area contributed by atoms with Crippen LogP contribution in [0.4, 0.5) is 19.0 Å². The molecule has 0 unspecified atom stereocenters. The Kier molecular flexibility index (Phi) is 3.64. The van der Waals surface area contributed by atoms with Gasteiger partial charge in [0.05, 0.1) is 5.88 Å². The van der Waals surface area contributed by atoms with E-state index in [9.17, 15) is 21.6 Å². The molecule has 1 aromatic heterocycles. The number of aromatic nitrogens is 1. The Balaban J connectivity index is 3.06. The number of alkyl halides is 4. The molecule has 0 bridgehead atoms. The molecule has 90 valence electrons. The number of anilines is 1. The van der Waals surface area contributed by atoms with Crippen LogP contribution in [-0.2, 0) is 15.9 Å². The van der Waals surface area contributed by atoms with Crippen LogP contribution in [0.2, 0.25) is 0 Å². The average molecular weight is 275 g/mol. The van der Waals surface area contributed by atoms with E-state index >= 15 is 0 Å². The summed E-state index contributed by atoms with van der Waals surface area (Å²) in [4.78, 5) is 3.47. The second-order valence-electron chi connectivity index (χ2n) is 2.70. The minimum Gasteiger partial charge on any atom is -0.259 e. The molecule has 1 N–H and O–H groups in total. The highest BCUT2D eigenvalue weighted by Crippen LogP contribution is 2.26. The van der Waals surface area contributed by atoms with Crippen molar-refractivity contribution < 1.29 is 21.6 Å². The van der Waals surface area contributed by atoms with Crippen molar-refractivity contribution in [2.45, 2.75) is 11.4 Å². The van der Waals surface area contributed by atoms with Gasteiger partial charge in [-0.05, 0) is 6.07 Å². The van der Waals surface area contributed by atoms with Gasteiger partial charge in [-0.3, -0.25) is 4.72 Å². The third-order valence-electron chi connectivity index (χ3n) is 1.57. The summed E-state index contributed by atoms with van der Waals surface area (Å²) in [6.45, 7) is 0. The van der Waals surface area contributed by atoms with Crippen molar-refractivity contribution in [1.29, 1.82) is 0 Å². The molecule has 9 heteroatoms. The Morgan fingerprint density at radius 3 is 2.56 bits per heavy atom. The lowest BCUT2D eigenvalue weighted by Crippen LogP contribution is -2.30. The first-order chi connectivity index (χ1) is 7.28. The number of nitrogens with zero attached hydrogens (tertiary/aromatic N) is 1. The lowest BCUT2D eigenvalue weighted by Gasteiger charge is -2.11. The number of pyridine rings is 1. The second kappa shape index (κ2) is 4.46. The molecule has 0 fully saturated rings. The molecular formula is C7H6ClF3N2O2S. The van der Waals surface area contributed by atoms with Crippen LogP contribution in [0.3, 0.4) is 0 Å². The summed E-state index contributed by atoms with van der Waals surface area (Å²) in [5.74, 6) is -0.571. The maximum atomic E-state index is 12.0. The van der Waals surface area contributed by atoms with E-state index in [2.05, 4.69) is 4.98 Å². The number of sulfonamides is 1. The van der Waals surface area contributed by atoms with E-state index < -0.39 is 21.3 Å². The topological polar surface area (TPSA) is 59.1 Å². The van der Waals surface area contributed by atoms with Crippen LogP contribution in [0.1, 0.15) is 5.56 Å². The van der Waals surface area contributed by atoms with Crippen molar-refractivity contribution in [3.8, 4) is 0 Å². The molecule has 1 rings (SSSR count). The first-order valence-electron chi connectivity index (χ1n) is 3.87. The summed E-state index contributed by atoms with van der Waals surface area (Å²) >= 11 is 5.42. The summed E-state index contributed by atoms with van der Waals surface area (Å²) in [5, 5.41) is 0. The van der Waals surface area contributed by atoms with Crippen LogP contribution in [0, 0.1) is 0 Å². The fraction of sp³-hybridized carbons (Fsp3) is 0.286. The molecule has 1 heterocycles. The zero-order valence-electron chi connectivity index (χ0n) is 7.62. The molecule has 0 aliphatic carbocycles. The minimum atomic E-state index is -5.45. The van der Waals surface area contributed by atoms with Gasteiger partial charge in [0.15, 0.2) is 0 Å². The molecule has 0 amide bonds. The number of rotatable bonds is 3. The van der Waals surface area contributed by atoms with Crippen LogP contribution in [0.25, 0.3) is 0 Å². The maximum absolute atomic E-state index is 12.0. The standard InChI is InChI=1S/C7H6ClF3N2O2S/c8-4-5-2-1-3-12-6(5)13-16(14,15)7(9,10)11/h1-3H,4H2,(H,12,13). The van der Waals surface area contributed by atoms with E-state index in [1.165, 1.54) is 16.9 Å². The number of halogens is 4. The largest absolute Gasteiger partial charge is 0.516 e. The zero-order chi connectivity index (χ0) is 12.4. The normalized spacial score (nSPS) is 12.5. The second-order valence-corrected chi connectivity index (χ2v) is 4.64. The molecule has 0 atom stereocenters. The van der Waals surface area contributed by atoms with Gasteiger partial charge >= 0.3 is 15.5 Å². The SMILES string of the molecule is O=S(=O)(Nc1ncccc1CCl)C(F)(F)F. The molecule has 0 radical (unpaired) electrons. The third-order valence-corrected chi connectivity index (χ3v) is 2.93. The van der Waals surface area contributed by atoms with Gasteiger partial charge in [0.25, 0.3) is 0 Å². The van der Waals surface area contributed by atoms with Gasteiger partial charge in [-0.2, -0.15) is 21.6 Å². The molecule has 0 spiro atoms. The Morgan fingerprint density at radius 1 is 1.44 bits per heavy atom. The van der Waals surface area contributed by atoms with Crippen LogP contribution in [0.5, 0.6) is 0 Å². The molecule has 0 aromatic carbocycles. The fourth-order valence-electron chi connectivity index (χ4n) is 0.823. The van der Waals surface area contributed by atoms with Crippen molar-refractivity contribution in [2.24, 2.45) is 0 Å². The molecule has 0 saturated heterocycles. The monoisotopic (exact) mass is 274 g/mol. The number of hydrogen-bond donors (Lipinski definition) is 1. The predicted molar refractivity (Wildman–Crippen MR) is 52.4 cm³/mol. The van der Waals surface area contributed by atoms with Gasteiger partial charge in [0, 0.05) is 11.8 Å². The van der Waals surface area contributed by atoms with Gasteiger partial charge in [-0.15, -0.1) is 11.6 Å². The summed E-state index contributed by atoms with van der Waals surface area (Å²) in [7, 11) is -5.45. The van der Waals surface area contributed by atoms with Gasteiger partial charge in [-0.1, -0.05) is 6.07 Å². The smallest absolute Gasteiger partial charge is 0.259 e. The van der Waals surface area contributed by atoms with Crippen LogP contribution < -0.4 is 4.72 Å². The molecule has 0 aliphatic heterocycles. The first kappa shape index (κ1) is 13.0. The minimum absolute atomic E-state index is 0.149. The van der Waals surface area contributed by atoms with Crippen molar-refractivity contribution in [3.05, 3.63) is 23.9 Å². The summed E-state index contributed by atoms with van der Waals surface area (Å²) in [5.41, 5.74) is -5.22. The number of nitrogens with one attached hydrogen (secondary N) is 1. The van der Waals surface area contributed by atoms with Crippen LogP contribution in [0.15, 0.2) is 18.3 Å². The van der Waals surface area contributed by atoms with E-state index in [0.29, 0.717) is 0 Å². The Morgan fingerprint density at radius 2 is 2.06 bits per heavy atom. The lowest BCUT2D eigenvalue weighted by molar-refractivity contribution is -0.0429. The summed E-state index contributed by atoms with van der Waals surface area (Å²) in [6.07, 6.45) is 1.16. The Bertz CT molecular complexity index is 475. The molecule has 16 heavy (non-hydrogen) atoms. The fourth-order valence-corrected chi connectivity index (χ4v) is 1.59. The highest BCUT2D eigenvalue weighted by atomic mass is 35.5.